The van der Waals surface area contributed by atoms with Crippen LogP contribution in [0.2, 0.25) is 0 Å². The first-order valence-electron chi connectivity index (χ1n) is 3.31. The van der Waals surface area contributed by atoms with Crippen LogP contribution in [0.15, 0.2) is 12.1 Å². The predicted octanol–water partition coefficient (Wildman–Crippen LogP) is 0.970. The molecule has 0 aromatic carbocycles. The topological polar surface area (TPSA) is 55.1 Å². The summed E-state index contributed by atoms with van der Waals surface area (Å²) in [5.74, 6) is 0.725. The van der Waals surface area contributed by atoms with Gasteiger partial charge in [-0.25, -0.2) is 0 Å². The number of hydrogen-bond acceptors (Lipinski definition) is 4. The Morgan fingerprint density at radius 3 is 2.58 bits per heavy atom. The summed E-state index contributed by atoms with van der Waals surface area (Å²) in [4.78, 5) is 3.91. The fraction of sp³-hybridized carbons (Fsp3) is 0.250. The zero-order chi connectivity index (χ0) is 8.97. The molecule has 0 N–H and O–H groups in total. The SMILES string of the molecule is COc1ccc(C#N)c(OC)n1. The Bertz CT molecular complexity index is 317. The minimum absolute atomic E-state index is 0.289. The molecule has 0 unspecified atom stereocenters. The number of nitrogens with zero attached hydrogens (tertiary/aromatic N) is 2. The van der Waals surface area contributed by atoms with Gasteiger partial charge in [0.05, 0.1) is 14.2 Å². The molecule has 0 amide bonds. The summed E-state index contributed by atoms with van der Waals surface area (Å²) in [5, 5.41) is 8.60. The lowest BCUT2D eigenvalue weighted by molar-refractivity contribution is 0.364. The summed E-state index contributed by atoms with van der Waals surface area (Å²) in [6.07, 6.45) is 0. The number of nitriles is 1. The molecule has 0 aliphatic rings. The van der Waals surface area contributed by atoms with Crippen LogP contribution in [0.1, 0.15) is 5.56 Å². The van der Waals surface area contributed by atoms with Crippen LogP contribution in [0, 0.1) is 11.3 Å². The van der Waals surface area contributed by atoms with Gasteiger partial charge in [0.2, 0.25) is 11.8 Å². The van der Waals surface area contributed by atoms with Crippen molar-refractivity contribution in [3.63, 3.8) is 0 Å². The second-order valence-corrected chi connectivity index (χ2v) is 2.02. The van der Waals surface area contributed by atoms with Crippen molar-refractivity contribution in [3.8, 4) is 17.8 Å². The molecule has 1 aromatic rings. The molecule has 0 radical (unpaired) electrons. The van der Waals surface area contributed by atoms with Crippen molar-refractivity contribution in [3.05, 3.63) is 17.7 Å². The maximum absolute atomic E-state index is 8.60. The summed E-state index contributed by atoms with van der Waals surface area (Å²) in [7, 11) is 2.97. The average Bonchev–Trinajstić information content (AvgIpc) is 2.16. The van der Waals surface area contributed by atoms with E-state index in [9.17, 15) is 0 Å². The van der Waals surface area contributed by atoms with Crippen molar-refractivity contribution in [1.82, 2.24) is 4.98 Å². The predicted molar refractivity (Wildman–Crippen MR) is 42.1 cm³/mol. The van der Waals surface area contributed by atoms with E-state index in [2.05, 4.69) is 4.98 Å². The lowest BCUT2D eigenvalue weighted by Gasteiger charge is -2.02. The van der Waals surface area contributed by atoms with E-state index in [0.717, 1.165) is 0 Å². The van der Waals surface area contributed by atoms with Crippen LogP contribution in [0.25, 0.3) is 0 Å². The number of rotatable bonds is 2. The zero-order valence-electron chi connectivity index (χ0n) is 6.87. The smallest absolute Gasteiger partial charge is 0.234 e. The molecule has 0 atom stereocenters. The van der Waals surface area contributed by atoms with E-state index in [4.69, 9.17) is 14.7 Å². The average molecular weight is 164 g/mol. The molecular formula is C8H8N2O2. The van der Waals surface area contributed by atoms with Crippen LogP contribution < -0.4 is 9.47 Å². The molecule has 4 nitrogen and oxygen atoms in total. The van der Waals surface area contributed by atoms with Gasteiger partial charge in [0, 0.05) is 6.07 Å². The fourth-order valence-electron chi connectivity index (χ4n) is 0.778. The molecule has 62 valence electrons. The summed E-state index contributed by atoms with van der Waals surface area (Å²) >= 11 is 0. The molecule has 1 rings (SSSR count). The first-order valence-corrected chi connectivity index (χ1v) is 3.31. The highest BCUT2D eigenvalue weighted by Gasteiger charge is 2.04. The maximum Gasteiger partial charge on any atom is 0.234 e. The Morgan fingerprint density at radius 2 is 2.08 bits per heavy atom. The molecule has 1 heterocycles. The Labute approximate surface area is 70.4 Å². The summed E-state index contributed by atoms with van der Waals surface area (Å²) in [5.41, 5.74) is 0.401. The second-order valence-electron chi connectivity index (χ2n) is 2.02. The number of ether oxygens (including phenoxy) is 2. The van der Waals surface area contributed by atoms with Gasteiger partial charge in [0.1, 0.15) is 11.6 Å². The van der Waals surface area contributed by atoms with Crippen molar-refractivity contribution < 1.29 is 9.47 Å². The number of methoxy groups -OCH3 is 2. The van der Waals surface area contributed by atoms with E-state index in [1.165, 1.54) is 14.2 Å². The first-order chi connectivity index (χ1) is 5.81. The number of hydrogen-bond donors (Lipinski definition) is 0. The summed E-state index contributed by atoms with van der Waals surface area (Å²) in [6.45, 7) is 0. The fourth-order valence-corrected chi connectivity index (χ4v) is 0.778. The Balaban J connectivity index is 3.13. The monoisotopic (exact) mass is 164 g/mol. The van der Waals surface area contributed by atoms with E-state index in [-0.39, 0.29) is 5.88 Å². The van der Waals surface area contributed by atoms with Crippen LogP contribution in [-0.2, 0) is 0 Å². The molecule has 0 aliphatic carbocycles. The summed E-state index contributed by atoms with van der Waals surface area (Å²) < 4.78 is 9.72. The molecular weight excluding hydrogens is 156 g/mol. The standard InChI is InChI=1S/C8H8N2O2/c1-11-7-4-3-6(5-9)8(10-7)12-2/h3-4H,1-2H3. The summed E-state index contributed by atoms with van der Waals surface area (Å²) in [6, 6.07) is 5.17. The molecule has 0 fully saturated rings. The lowest BCUT2D eigenvalue weighted by Crippen LogP contribution is -1.94. The molecule has 0 bridgehead atoms. The van der Waals surface area contributed by atoms with E-state index in [1.807, 2.05) is 6.07 Å². The quantitative estimate of drug-likeness (QED) is 0.653. The van der Waals surface area contributed by atoms with Crippen LogP contribution in [0.5, 0.6) is 11.8 Å². The molecule has 0 aliphatic heterocycles. The third kappa shape index (κ3) is 1.45. The normalized spacial score (nSPS) is 8.75. The zero-order valence-corrected chi connectivity index (χ0v) is 6.87. The molecule has 0 saturated carbocycles. The minimum Gasteiger partial charge on any atom is -0.481 e. The van der Waals surface area contributed by atoms with Gasteiger partial charge in [0.15, 0.2) is 0 Å². The largest absolute Gasteiger partial charge is 0.481 e. The Morgan fingerprint density at radius 1 is 1.33 bits per heavy atom. The van der Waals surface area contributed by atoms with Gasteiger partial charge in [-0.15, -0.1) is 0 Å². The van der Waals surface area contributed by atoms with Gasteiger partial charge in [-0.3, -0.25) is 0 Å². The van der Waals surface area contributed by atoms with E-state index < -0.39 is 0 Å². The van der Waals surface area contributed by atoms with Gasteiger partial charge < -0.3 is 9.47 Å². The van der Waals surface area contributed by atoms with Gasteiger partial charge in [-0.2, -0.15) is 10.2 Å². The van der Waals surface area contributed by atoms with Gasteiger partial charge in [-0.05, 0) is 6.07 Å². The second kappa shape index (κ2) is 3.58. The van der Waals surface area contributed by atoms with Gasteiger partial charge in [0.25, 0.3) is 0 Å². The molecule has 0 spiro atoms. The molecule has 4 heteroatoms. The van der Waals surface area contributed by atoms with Crippen molar-refractivity contribution in [2.45, 2.75) is 0 Å². The third-order valence-electron chi connectivity index (χ3n) is 1.36. The van der Waals surface area contributed by atoms with Crippen LogP contribution >= 0.6 is 0 Å². The van der Waals surface area contributed by atoms with Crippen LogP contribution in [-0.4, -0.2) is 19.2 Å². The first kappa shape index (κ1) is 8.34. The number of aromatic nitrogens is 1. The van der Waals surface area contributed by atoms with Crippen LogP contribution in [0.3, 0.4) is 0 Å². The van der Waals surface area contributed by atoms with E-state index in [1.54, 1.807) is 12.1 Å². The minimum atomic E-state index is 0.289. The highest BCUT2D eigenvalue weighted by Crippen LogP contribution is 2.17. The number of pyridine rings is 1. The Hall–Kier alpha value is -1.76. The maximum atomic E-state index is 8.60. The van der Waals surface area contributed by atoms with Gasteiger partial charge in [-0.1, -0.05) is 0 Å². The van der Waals surface area contributed by atoms with Crippen LogP contribution in [0.4, 0.5) is 0 Å². The lowest BCUT2D eigenvalue weighted by atomic mass is 10.3. The molecule has 1 aromatic heterocycles. The molecule has 12 heavy (non-hydrogen) atoms. The highest BCUT2D eigenvalue weighted by molar-refractivity contribution is 5.39. The van der Waals surface area contributed by atoms with Crippen molar-refractivity contribution in [2.24, 2.45) is 0 Å². The van der Waals surface area contributed by atoms with E-state index in [0.29, 0.717) is 11.4 Å². The van der Waals surface area contributed by atoms with Gasteiger partial charge >= 0.3 is 0 Å². The van der Waals surface area contributed by atoms with E-state index >= 15 is 0 Å². The van der Waals surface area contributed by atoms with Crippen molar-refractivity contribution in [1.29, 1.82) is 5.26 Å². The highest BCUT2D eigenvalue weighted by atomic mass is 16.5. The molecule has 0 saturated heterocycles. The van der Waals surface area contributed by atoms with Crippen molar-refractivity contribution >= 4 is 0 Å². The third-order valence-corrected chi connectivity index (χ3v) is 1.36. The Kier molecular flexibility index (Phi) is 2.49. The van der Waals surface area contributed by atoms with Crippen molar-refractivity contribution in [2.75, 3.05) is 14.2 Å².